The van der Waals surface area contributed by atoms with E-state index in [1.54, 1.807) is 28.6 Å². The predicted octanol–water partition coefficient (Wildman–Crippen LogP) is 5.46. The number of hydrogen-bond donors (Lipinski definition) is 1. The first kappa shape index (κ1) is 21.3. The van der Waals surface area contributed by atoms with Crippen LogP contribution in [0.4, 0.5) is 5.82 Å². The van der Waals surface area contributed by atoms with Crippen LogP contribution in [0.3, 0.4) is 0 Å². The van der Waals surface area contributed by atoms with Crippen molar-refractivity contribution >= 4 is 39.3 Å². The molecule has 0 unspecified atom stereocenters. The molecule has 8 heteroatoms. The number of nitrogens with one attached hydrogen (secondary N) is 1. The molecule has 0 aliphatic carbocycles. The quantitative estimate of drug-likeness (QED) is 0.384. The van der Waals surface area contributed by atoms with Crippen molar-refractivity contribution < 1.29 is 4.79 Å². The second kappa shape index (κ2) is 9.08. The first-order valence-electron chi connectivity index (χ1n) is 9.77. The summed E-state index contributed by atoms with van der Waals surface area (Å²) in [5.74, 6) is 0.272. The maximum atomic E-state index is 13.0. The summed E-state index contributed by atoms with van der Waals surface area (Å²) < 4.78 is 4.37. The average molecular weight is 499 g/mol. The Morgan fingerprint density at radius 2 is 1.77 bits per heavy atom. The third-order valence-electron chi connectivity index (χ3n) is 4.98. The molecule has 4 aromatic rings. The number of amides is 1. The van der Waals surface area contributed by atoms with Gasteiger partial charge in [0.2, 0.25) is 0 Å². The van der Waals surface area contributed by atoms with Crippen molar-refractivity contribution in [3.05, 3.63) is 98.4 Å². The van der Waals surface area contributed by atoms with Gasteiger partial charge in [-0.15, -0.1) is 0 Å². The van der Waals surface area contributed by atoms with Crippen molar-refractivity contribution in [2.75, 3.05) is 5.32 Å². The molecule has 0 aliphatic rings. The molecule has 0 saturated heterocycles. The third-order valence-corrected chi connectivity index (χ3v) is 6.14. The summed E-state index contributed by atoms with van der Waals surface area (Å²) in [5, 5.41) is 12.0. The van der Waals surface area contributed by atoms with Crippen molar-refractivity contribution in [1.29, 1.82) is 0 Å². The molecule has 0 radical (unpaired) electrons. The first-order chi connectivity index (χ1) is 14.9. The summed E-state index contributed by atoms with van der Waals surface area (Å²) in [6, 6.07) is 17.8. The number of rotatable bonds is 6. The van der Waals surface area contributed by atoms with Crippen molar-refractivity contribution in [2.24, 2.45) is 0 Å². The standard InChI is InChI=1S/C23H21BrClN5O/c1-15-7-9-17(10-8-15)13-30-22(25)21(16(2)28-30)23(31)27-20-11-12-26-29(20)14-18-5-3-4-6-19(18)24/h3-12H,13-14H2,1-2H3,(H,27,31). The van der Waals surface area contributed by atoms with Crippen molar-refractivity contribution in [2.45, 2.75) is 26.9 Å². The topological polar surface area (TPSA) is 64.7 Å². The Hall–Kier alpha value is -2.90. The Bertz CT molecular complexity index is 1230. The highest BCUT2D eigenvalue weighted by Crippen LogP contribution is 2.23. The maximum Gasteiger partial charge on any atom is 0.261 e. The van der Waals surface area contributed by atoms with Crippen LogP contribution in [0.2, 0.25) is 5.15 Å². The SMILES string of the molecule is Cc1ccc(Cn2nc(C)c(C(=O)Nc3ccnn3Cc3ccccc3Br)c2Cl)cc1. The van der Waals surface area contributed by atoms with Crippen LogP contribution < -0.4 is 5.32 Å². The van der Waals surface area contributed by atoms with Gasteiger partial charge in [-0.1, -0.05) is 75.6 Å². The Labute approximate surface area is 194 Å². The molecule has 0 bridgehead atoms. The van der Waals surface area contributed by atoms with Gasteiger partial charge in [-0.2, -0.15) is 10.2 Å². The monoisotopic (exact) mass is 497 g/mol. The molecule has 0 fully saturated rings. The molecule has 31 heavy (non-hydrogen) atoms. The minimum atomic E-state index is -0.313. The van der Waals surface area contributed by atoms with Crippen LogP contribution in [-0.4, -0.2) is 25.5 Å². The van der Waals surface area contributed by atoms with Gasteiger partial charge in [0.15, 0.2) is 0 Å². The summed E-state index contributed by atoms with van der Waals surface area (Å²) in [7, 11) is 0. The van der Waals surface area contributed by atoms with Gasteiger partial charge >= 0.3 is 0 Å². The van der Waals surface area contributed by atoms with Gasteiger partial charge in [-0.3, -0.25) is 4.79 Å². The summed E-state index contributed by atoms with van der Waals surface area (Å²) in [5.41, 5.74) is 4.25. The molecular weight excluding hydrogens is 478 g/mol. The first-order valence-corrected chi connectivity index (χ1v) is 10.9. The number of halogens is 2. The van der Waals surface area contributed by atoms with E-state index in [9.17, 15) is 4.79 Å². The number of carbonyl (C=O) groups is 1. The van der Waals surface area contributed by atoms with Crippen LogP contribution in [0.1, 0.15) is 32.7 Å². The molecular formula is C23H21BrClN5O. The lowest BCUT2D eigenvalue weighted by Crippen LogP contribution is -2.17. The van der Waals surface area contributed by atoms with Crippen LogP contribution >= 0.6 is 27.5 Å². The molecule has 2 heterocycles. The fraction of sp³-hybridized carbons (Fsp3) is 0.174. The van der Waals surface area contributed by atoms with Crippen LogP contribution in [0, 0.1) is 13.8 Å². The number of aryl methyl sites for hydroxylation is 2. The van der Waals surface area contributed by atoms with Crippen LogP contribution in [0.15, 0.2) is 65.3 Å². The van der Waals surface area contributed by atoms with E-state index >= 15 is 0 Å². The Morgan fingerprint density at radius 1 is 1.03 bits per heavy atom. The fourth-order valence-electron chi connectivity index (χ4n) is 3.31. The van der Waals surface area contributed by atoms with E-state index in [4.69, 9.17) is 11.6 Å². The highest BCUT2D eigenvalue weighted by molar-refractivity contribution is 9.10. The van der Waals surface area contributed by atoms with E-state index in [0.717, 1.165) is 15.6 Å². The zero-order valence-corrected chi connectivity index (χ0v) is 19.5. The number of hydrogen-bond acceptors (Lipinski definition) is 3. The van der Waals surface area contributed by atoms with E-state index in [-0.39, 0.29) is 5.91 Å². The maximum absolute atomic E-state index is 13.0. The molecule has 0 aliphatic heterocycles. The van der Waals surface area contributed by atoms with Crippen molar-refractivity contribution in [3.63, 3.8) is 0 Å². The molecule has 0 saturated carbocycles. The third kappa shape index (κ3) is 4.73. The van der Waals surface area contributed by atoms with Crippen LogP contribution in [-0.2, 0) is 13.1 Å². The largest absolute Gasteiger partial charge is 0.307 e. The summed E-state index contributed by atoms with van der Waals surface area (Å²) >= 11 is 10.1. The Balaban J connectivity index is 1.53. The number of nitrogens with zero attached hydrogens (tertiary/aromatic N) is 4. The molecule has 158 valence electrons. The smallest absolute Gasteiger partial charge is 0.261 e. The second-order valence-corrected chi connectivity index (χ2v) is 8.53. The molecule has 2 aromatic heterocycles. The minimum Gasteiger partial charge on any atom is -0.307 e. The van der Waals surface area contributed by atoms with Crippen molar-refractivity contribution in [3.8, 4) is 0 Å². The van der Waals surface area contributed by atoms with Gasteiger partial charge in [0.05, 0.1) is 30.5 Å². The summed E-state index contributed by atoms with van der Waals surface area (Å²) in [4.78, 5) is 13.0. The highest BCUT2D eigenvalue weighted by Gasteiger charge is 2.21. The minimum absolute atomic E-state index is 0.312. The number of aromatic nitrogens is 4. The average Bonchev–Trinajstić information content (AvgIpc) is 3.28. The van der Waals surface area contributed by atoms with Crippen molar-refractivity contribution in [1.82, 2.24) is 19.6 Å². The lowest BCUT2D eigenvalue weighted by Gasteiger charge is -2.10. The zero-order chi connectivity index (χ0) is 22.0. The summed E-state index contributed by atoms with van der Waals surface area (Å²) in [6.07, 6.45) is 1.65. The molecule has 4 rings (SSSR count). The lowest BCUT2D eigenvalue weighted by molar-refractivity contribution is 0.102. The summed E-state index contributed by atoms with van der Waals surface area (Å²) in [6.45, 7) is 4.83. The second-order valence-electron chi connectivity index (χ2n) is 7.31. The van der Waals surface area contributed by atoms with Gasteiger partial charge in [0.25, 0.3) is 5.91 Å². The number of anilines is 1. The number of benzene rings is 2. The Kier molecular flexibility index (Phi) is 6.25. The Morgan fingerprint density at radius 3 is 2.52 bits per heavy atom. The van der Waals surface area contributed by atoms with Gasteiger partial charge in [0.1, 0.15) is 11.0 Å². The van der Waals surface area contributed by atoms with Gasteiger partial charge in [-0.05, 0) is 31.0 Å². The molecule has 0 atom stereocenters. The zero-order valence-electron chi connectivity index (χ0n) is 17.1. The molecule has 2 aromatic carbocycles. The normalized spacial score (nSPS) is 11.0. The van der Waals surface area contributed by atoms with E-state index in [1.165, 1.54) is 5.56 Å². The van der Waals surface area contributed by atoms with E-state index in [1.807, 2.05) is 55.5 Å². The van der Waals surface area contributed by atoms with E-state index in [0.29, 0.717) is 35.3 Å². The fourth-order valence-corrected chi connectivity index (χ4v) is 4.04. The highest BCUT2D eigenvalue weighted by atomic mass is 79.9. The van der Waals surface area contributed by atoms with E-state index in [2.05, 4.69) is 31.4 Å². The number of carbonyl (C=O) groups excluding carboxylic acids is 1. The molecule has 6 nitrogen and oxygen atoms in total. The molecule has 1 amide bonds. The predicted molar refractivity (Wildman–Crippen MR) is 126 cm³/mol. The molecule has 1 N–H and O–H groups in total. The van der Waals surface area contributed by atoms with Gasteiger partial charge < -0.3 is 5.32 Å². The lowest BCUT2D eigenvalue weighted by atomic mass is 10.1. The van der Waals surface area contributed by atoms with Crippen LogP contribution in [0.25, 0.3) is 0 Å². The van der Waals surface area contributed by atoms with Gasteiger partial charge in [0, 0.05) is 10.5 Å². The van der Waals surface area contributed by atoms with E-state index < -0.39 is 0 Å². The van der Waals surface area contributed by atoms with Crippen LogP contribution in [0.5, 0.6) is 0 Å². The van der Waals surface area contributed by atoms with Gasteiger partial charge in [-0.25, -0.2) is 9.36 Å². The molecule has 0 spiro atoms.